The maximum atomic E-state index is 9.80. The number of hydrogen-bond acceptors (Lipinski definition) is 2. The van der Waals surface area contributed by atoms with E-state index in [2.05, 4.69) is 5.92 Å². The van der Waals surface area contributed by atoms with Crippen LogP contribution < -0.4 is 34.7 Å². The largest absolute Gasteiger partial charge is 1.00 e. The summed E-state index contributed by atoms with van der Waals surface area (Å²) in [5.41, 5.74) is 0. The number of carboxylic acids is 1. The molecule has 50 valence electrons. The van der Waals surface area contributed by atoms with E-state index < -0.39 is 5.97 Å². The minimum atomic E-state index is -0.993. The van der Waals surface area contributed by atoms with Crippen molar-refractivity contribution in [3.63, 3.8) is 0 Å². The number of unbranched alkanes of at least 4 members (excludes halogenated alkanes) is 2. The molecule has 3 heteroatoms. The first-order chi connectivity index (χ1) is 4.27. The molecule has 0 aromatic rings. The average Bonchev–Trinajstić information content (AvgIpc) is 1.80. The maximum Gasteiger partial charge on any atom is 1.00 e. The van der Waals surface area contributed by atoms with E-state index in [0.717, 1.165) is 6.42 Å². The molecule has 0 aromatic carbocycles. The van der Waals surface area contributed by atoms with Gasteiger partial charge in [0.1, 0.15) is 0 Å². The molecule has 0 radical (unpaired) electrons. The summed E-state index contributed by atoms with van der Waals surface area (Å²) in [7, 11) is 0. The van der Waals surface area contributed by atoms with Gasteiger partial charge in [0, 0.05) is 12.4 Å². The number of hydrogen-bond donors (Lipinski definition) is 0. The first-order valence-electron chi connectivity index (χ1n) is 2.90. The monoisotopic (exact) mass is 148 g/mol. The molecule has 0 heterocycles. The van der Waals surface area contributed by atoms with Crippen molar-refractivity contribution in [3.05, 3.63) is 0 Å². The molecule has 0 N–H and O–H groups in total. The Labute approximate surface area is 83.3 Å². The predicted octanol–water partition coefficient (Wildman–Crippen LogP) is -3.07. The third kappa shape index (κ3) is 10.9. The third-order valence-electron chi connectivity index (χ3n) is 0.952. The van der Waals surface area contributed by atoms with Crippen LogP contribution in [0.1, 0.15) is 25.7 Å². The second-order valence-electron chi connectivity index (χ2n) is 1.78. The van der Waals surface area contributed by atoms with Crippen molar-refractivity contribution in [3.8, 4) is 12.3 Å². The van der Waals surface area contributed by atoms with Gasteiger partial charge in [-0.25, -0.2) is 0 Å². The van der Waals surface area contributed by atoms with Gasteiger partial charge in [-0.15, -0.1) is 12.3 Å². The van der Waals surface area contributed by atoms with E-state index in [1.807, 2.05) is 0 Å². The maximum absolute atomic E-state index is 9.80. The van der Waals surface area contributed by atoms with Gasteiger partial charge in [-0.3, -0.25) is 0 Å². The Hall–Kier alpha value is 0.0300. The van der Waals surface area contributed by atoms with E-state index >= 15 is 0 Å². The normalized spacial score (nSPS) is 7.50. The van der Waals surface area contributed by atoms with Crippen molar-refractivity contribution < 1.29 is 39.5 Å². The molecule has 0 rings (SSSR count). The van der Waals surface area contributed by atoms with Crippen LogP contribution in [-0.4, -0.2) is 5.97 Å². The van der Waals surface area contributed by atoms with Crippen LogP contribution in [0.25, 0.3) is 0 Å². The summed E-state index contributed by atoms with van der Waals surface area (Å²) >= 11 is 0. The molecule has 2 nitrogen and oxygen atoms in total. The van der Waals surface area contributed by atoms with E-state index in [1.54, 1.807) is 0 Å². The zero-order chi connectivity index (χ0) is 7.11. The molecule has 0 spiro atoms. The number of carboxylic acid groups (broad SMARTS) is 1. The summed E-state index contributed by atoms with van der Waals surface area (Å²) in [5, 5.41) is 9.80. The number of terminal acetylenes is 1. The number of aliphatic carboxylic acids is 1. The molecule has 0 aliphatic rings. The Balaban J connectivity index is 0. The molecule has 0 aliphatic heterocycles. The van der Waals surface area contributed by atoms with E-state index in [-0.39, 0.29) is 36.0 Å². The summed E-state index contributed by atoms with van der Waals surface area (Å²) in [6.07, 6.45) is 7.13. The van der Waals surface area contributed by atoms with E-state index in [1.165, 1.54) is 0 Å². The molecular formula is C7H9NaO2. The Morgan fingerprint density at radius 1 is 1.50 bits per heavy atom. The topological polar surface area (TPSA) is 40.1 Å². The van der Waals surface area contributed by atoms with Gasteiger partial charge < -0.3 is 9.90 Å². The van der Waals surface area contributed by atoms with Crippen LogP contribution >= 0.6 is 0 Å². The van der Waals surface area contributed by atoms with Gasteiger partial charge in [-0.2, -0.15) is 0 Å². The fourth-order valence-electron chi connectivity index (χ4n) is 0.496. The van der Waals surface area contributed by atoms with Gasteiger partial charge in [-0.1, -0.05) is 0 Å². The molecular weight excluding hydrogens is 139 g/mol. The van der Waals surface area contributed by atoms with Gasteiger partial charge in [-0.05, 0) is 19.3 Å². The Morgan fingerprint density at radius 2 is 2.10 bits per heavy atom. The molecule has 0 fully saturated rings. The third-order valence-corrected chi connectivity index (χ3v) is 0.952. The standard InChI is InChI=1S/C7H10O2.Na/c1-2-3-4-5-6-7(8)9;/h1H,3-6H2,(H,8,9);/q;+1/p-1. The van der Waals surface area contributed by atoms with Gasteiger partial charge >= 0.3 is 29.6 Å². The van der Waals surface area contributed by atoms with Crippen molar-refractivity contribution in [2.24, 2.45) is 0 Å². The van der Waals surface area contributed by atoms with Crippen LogP contribution in [0.15, 0.2) is 0 Å². The predicted molar refractivity (Wildman–Crippen MR) is 32.3 cm³/mol. The number of carbonyl (C=O) groups is 1. The van der Waals surface area contributed by atoms with Crippen LogP contribution in [-0.2, 0) is 4.79 Å². The fourth-order valence-corrected chi connectivity index (χ4v) is 0.496. The molecule has 0 atom stereocenters. The molecule has 10 heavy (non-hydrogen) atoms. The minimum Gasteiger partial charge on any atom is -0.550 e. The molecule has 0 amide bonds. The molecule has 0 unspecified atom stereocenters. The van der Waals surface area contributed by atoms with E-state index in [4.69, 9.17) is 6.42 Å². The Morgan fingerprint density at radius 3 is 2.50 bits per heavy atom. The summed E-state index contributed by atoms with van der Waals surface area (Å²) in [6.45, 7) is 0. The second kappa shape index (κ2) is 9.03. The average molecular weight is 148 g/mol. The summed E-state index contributed by atoms with van der Waals surface area (Å²) < 4.78 is 0. The zero-order valence-electron chi connectivity index (χ0n) is 6.22. The van der Waals surface area contributed by atoms with Gasteiger partial charge in [0.2, 0.25) is 0 Å². The quantitative estimate of drug-likeness (QED) is 0.241. The van der Waals surface area contributed by atoms with Crippen molar-refractivity contribution in [2.45, 2.75) is 25.7 Å². The fraction of sp³-hybridized carbons (Fsp3) is 0.571. The molecule has 0 saturated heterocycles. The molecule has 0 saturated carbocycles. The minimum absolute atomic E-state index is 0. The SMILES string of the molecule is C#CCCCCC(=O)[O-].[Na+]. The Kier molecular flexibility index (Phi) is 11.5. The van der Waals surface area contributed by atoms with E-state index in [9.17, 15) is 9.90 Å². The molecule has 0 bridgehead atoms. The van der Waals surface area contributed by atoms with Gasteiger partial charge in [0.15, 0.2) is 0 Å². The first-order valence-corrected chi connectivity index (χ1v) is 2.90. The van der Waals surface area contributed by atoms with Gasteiger partial charge in [0.25, 0.3) is 0 Å². The summed E-state index contributed by atoms with van der Waals surface area (Å²) in [4.78, 5) is 9.80. The molecule has 0 aromatic heterocycles. The van der Waals surface area contributed by atoms with E-state index in [0.29, 0.717) is 12.8 Å². The van der Waals surface area contributed by atoms with Crippen LogP contribution in [0.4, 0.5) is 0 Å². The first kappa shape index (κ1) is 12.7. The van der Waals surface area contributed by atoms with Crippen molar-refractivity contribution in [1.29, 1.82) is 0 Å². The van der Waals surface area contributed by atoms with Crippen LogP contribution in [0.5, 0.6) is 0 Å². The van der Waals surface area contributed by atoms with Crippen molar-refractivity contribution >= 4 is 5.97 Å². The van der Waals surface area contributed by atoms with Crippen molar-refractivity contribution in [2.75, 3.05) is 0 Å². The van der Waals surface area contributed by atoms with Gasteiger partial charge in [0.05, 0.1) is 0 Å². The van der Waals surface area contributed by atoms with Crippen LogP contribution in [0.2, 0.25) is 0 Å². The second-order valence-corrected chi connectivity index (χ2v) is 1.78. The zero-order valence-corrected chi connectivity index (χ0v) is 8.22. The summed E-state index contributed by atoms with van der Waals surface area (Å²) in [5.74, 6) is 1.43. The Bertz CT molecular complexity index is 126. The molecule has 0 aliphatic carbocycles. The van der Waals surface area contributed by atoms with Crippen LogP contribution in [0.3, 0.4) is 0 Å². The smallest absolute Gasteiger partial charge is 0.550 e. The van der Waals surface area contributed by atoms with Crippen molar-refractivity contribution in [1.82, 2.24) is 0 Å². The van der Waals surface area contributed by atoms with Crippen LogP contribution in [0, 0.1) is 12.3 Å². The summed E-state index contributed by atoms with van der Waals surface area (Å²) in [6, 6.07) is 0. The number of rotatable bonds is 4. The number of carbonyl (C=O) groups excluding carboxylic acids is 1.